The highest BCUT2D eigenvalue weighted by Crippen LogP contribution is 2.40. The molecule has 0 amide bonds. The molecule has 0 nitrogen and oxygen atoms in total. The molecule has 0 spiro atoms. The van der Waals surface area contributed by atoms with Crippen LogP contribution in [0.25, 0.3) is 0 Å². The molecule has 0 bridgehead atoms. The van der Waals surface area contributed by atoms with Crippen LogP contribution in [0.5, 0.6) is 0 Å². The molecule has 0 heterocycles. The lowest BCUT2D eigenvalue weighted by Gasteiger charge is -2.23. The van der Waals surface area contributed by atoms with E-state index in [-0.39, 0.29) is 0 Å². The summed E-state index contributed by atoms with van der Waals surface area (Å²) in [5.41, 5.74) is 0. The number of thiocarbonyl (C=S) groups is 1. The van der Waals surface area contributed by atoms with Gasteiger partial charge in [0.25, 0.3) is 0 Å². The van der Waals surface area contributed by atoms with Crippen molar-refractivity contribution in [1.82, 2.24) is 0 Å². The zero-order chi connectivity index (χ0) is 6.97. The van der Waals surface area contributed by atoms with Crippen molar-refractivity contribution in [2.45, 2.75) is 38.5 Å². The average molecular weight is 154 g/mol. The van der Waals surface area contributed by atoms with Gasteiger partial charge in [0.15, 0.2) is 0 Å². The van der Waals surface area contributed by atoms with E-state index in [1.807, 2.05) is 0 Å². The SMILES string of the molecule is S=C1CC2CCCCC2C1. The van der Waals surface area contributed by atoms with E-state index in [0.29, 0.717) is 0 Å². The molecule has 0 N–H and O–H groups in total. The lowest BCUT2D eigenvalue weighted by Crippen LogP contribution is -2.12. The molecule has 0 aromatic carbocycles. The quantitative estimate of drug-likeness (QED) is 0.483. The lowest BCUT2D eigenvalue weighted by atomic mass is 9.82. The van der Waals surface area contributed by atoms with Crippen LogP contribution >= 0.6 is 12.2 Å². The summed E-state index contributed by atoms with van der Waals surface area (Å²) in [4.78, 5) is 1.36. The molecular weight excluding hydrogens is 140 g/mol. The summed E-state index contributed by atoms with van der Waals surface area (Å²) in [6.45, 7) is 0. The Bertz CT molecular complexity index is 135. The van der Waals surface area contributed by atoms with Gasteiger partial charge in [-0.3, -0.25) is 0 Å². The minimum atomic E-state index is 1.00. The number of rotatable bonds is 0. The Morgan fingerprint density at radius 2 is 1.50 bits per heavy atom. The predicted octanol–water partition coefficient (Wildman–Crippen LogP) is 2.96. The van der Waals surface area contributed by atoms with Crippen LogP contribution in [0.1, 0.15) is 38.5 Å². The molecule has 1 heteroatoms. The van der Waals surface area contributed by atoms with Crippen LogP contribution in [0, 0.1) is 11.8 Å². The Kier molecular flexibility index (Phi) is 1.77. The van der Waals surface area contributed by atoms with Gasteiger partial charge in [0.1, 0.15) is 0 Å². The summed E-state index contributed by atoms with van der Waals surface area (Å²) in [7, 11) is 0. The van der Waals surface area contributed by atoms with Crippen LogP contribution < -0.4 is 0 Å². The Morgan fingerprint density at radius 3 is 2.00 bits per heavy atom. The highest BCUT2D eigenvalue weighted by Gasteiger charge is 2.31. The van der Waals surface area contributed by atoms with Gasteiger partial charge in [-0.15, -0.1) is 0 Å². The molecule has 0 radical (unpaired) electrons. The summed E-state index contributed by atoms with van der Waals surface area (Å²) in [5, 5.41) is 0. The zero-order valence-electron chi connectivity index (χ0n) is 6.31. The molecule has 0 aromatic rings. The van der Waals surface area contributed by atoms with Crippen LogP contribution in [0.15, 0.2) is 0 Å². The second-order valence-electron chi connectivity index (χ2n) is 3.75. The summed E-state index contributed by atoms with van der Waals surface area (Å²) >= 11 is 5.23. The van der Waals surface area contributed by atoms with Crippen molar-refractivity contribution in [1.29, 1.82) is 0 Å². The maximum Gasteiger partial charge on any atom is -0.00658 e. The van der Waals surface area contributed by atoms with E-state index in [0.717, 1.165) is 11.8 Å². The Hall–Kier alpha value is 0.0900. The molecule has 56 valence electrons. The third-order valence-corrected chi connectivity index (χ3v) is 3.38. The molecule has 2 aliphatic carbocycles. The Morgan fingerprint density at radius 1 is 1.00 bits per heavy atom. The minimum Gasteiger partial charge on any atom is -0.0897 e. The van der Waals surface area contributed by atoms with Crippen molar-refractivity contribution in [2.75, 3.05) is 0 Å². The van der Waals surface area contributed by atoms with E-state index in [1.165, 1.54) is 43.4 Å². The molecule has 0 aromatic heterocycles. The van der Waals surface area contributed by atoms with Crippen LogP contribution in [0.2, 0.25) is 0 Å². The van der Waals surface area contributed by atoms with Crippen molar-refractivity contribution in [3.8, 4) is 0 Å². The van der Waals surface area contributed by atoms with Gasteiger partial charge in [-0.25, -0.2) is 0 Å². The van der Waals surface area contributed by atoms with E-state index in [9.17, 15) is 0 Å². The van der Waals surface area contributed by atoms with Crippen LogP contribution in [0.3, 0.4) is 0 Å². The smallest absolute Gasteiger partial charge is 0.00658 e. The first-order valence-electron chi connectivity index (χ1n) is 4.38. The Balaban J connectivity index is 2.04. The Labute approximate surface area is 68.0 Å². The molecule has 2 aliphatic rings. The summed E-state index contributed by atoms with van der Waals surface area (Å²) in [6, 6.07) is 0. The largest absolute Gasteiger partial charge is 0.0897 e. The van der Waals surface area contributed by atoms with E-state index in [4.69, 9.17) is 12.2 Å². The topological polar surface area (TPSA) is 0 Å². The van der Waals surface area contributed by atoms with Gasteiger partial charge in [0.05, 0.1) is 0 Å². The number of fused-ring (bicyclic) bond motifs is 1. The summed E-state index contributed by atoms with van der Waals surface area (Å²) in [6.07, 6.45) is 8.41. The molecule has 10 heavy (non-hydrogen) atoms. The van der Waals surface area contributed by atoms with Gasteiger partial charge < -0.3 is 0 Å². The van der Waals surface area contributed by atoms with Crippen molar-refractivity contribution in [3.05, 3.63) is 0 Å². The van der Waals surface area contributed by atoms with Gasteiger partial charge in [-0.05, 0) is 42.4 Å². The van der Waals surface area contributed by atoms with Gasteiger partial charge in [-0.2, -0.15) is 0 Å². The minimum absolute atomic E-state index is 1.00. The lowest BCUT2D eigenvalue weighted by molar-refractivity contribution is 0.277. The van der Waals surface area contributed by atoms with E-state index >= 15 is 0 Å². The van der Waals surface area contributed by atoms with Crippen molar-refractivity contribution in [3.63, 3.8) is 0 Å². The van der Waals surface area contributed by atoms with Gasteiger partial charge in [0.2, 0.25) is 0 Å². The standard InChI is InChI=1S/C9H14S/c10-9-5-7-3-1-2-4-8(7)6-9/h7-8H,1-6H2. The fourth-order valence-corrected chi connectivity index (χ4v) is 2.92. The van der Waals surface area contributed by atoms with Crippen molar-refractivity contribution >= 4 is 17.1 Å². The van der Waals surface area contributed by atoms with Crippen molar-refractivity contribution in [2.24, 2.45) is 11.8 Å². The molecule has 2 unspecified atom stereocenters. The number of hydrogen-bond acceptors (Lipinski definition) is 1. The third-order valence-electron chi connectivity index (χ3n) is 3.05. The van der Waals surface area contributed by atoms with Gasteiger partial charge in [-0.1, -0.05) is 25.1 Å². The fraction of sp³-hybridized carbons (Fsp3) is 0.889. The third kappa shape index (κ3) is 1.12. The maximum atomic E-state index is 5.23. The maximum absolute atomic E-state index is 5.23. The molecule has 2 rings (SSSR count). The summed E-state index contributed by atoms with van der Waals surface area (Å²) in [5.74, 6) is 2.00. The molecule has 2 fully saturated rings. The second-order valence-corrected chi connectivity index (χ2v) is 4.33. The van der Waals surface area contributed by atoms with E-state index in [1.54, 1.807) is 0 Å². The van der Waals surface area contributed by atoms with E-state index in [2.05, 4.69) is 0 Å². The van der Waals surface area contributed by atoms with Crippen LogP contribution in [-0.4, -0.2) is 4.86 Å². The zero-order valence-corrected chi connectivity index (χ0v) is 7.12. The fourth-order valence-electron chi connectivity index (χ4n) is 2.49. The first kappa shape index (κ1) is 6.78. The summed E-state index contributed by atoms with van der Waals surface area (Å²) < 4.78 is 0. The second kappa shape index (κ2) is 2.61. The molecule has 2 atom stereocenters. The number of hydrogen-bond donors (Lipinski definition) is 0. The van der Waals surface area contributed by atoms with Gasteiger partial charge >= 0.3 is 0 Å². The predicted molar refractivity (Wildman–Crippen MR) is 47.3 cm³/mol. The highest BCUT2D eigenvalue weighted by molar-refractivity contribution is 7.80. The van der Waals surface area contributed by atoms with E-state index < -0.39 is 0 Å². The van der Waals surface area contributed by atoms with Crippen molar-refractivity contribution < 1.29 is 0 Å². The van der Waals surface area contributed by atoms with Crippen LogP contribution in [0.4, 0.5) is 0 Å². The van der Waals surface area contributed by atoms with Crippen LogP contribution in [-0.2, 0) is 0 Å². The first-order chi connectivity index (χ1) is 4.86. The first-order valence-corrected chi connectivity index (χ1v) is 4.79. The average Bonchev–Trinajstić information content (AvgIpc) is 2.27. The highest BCUT2D eigenvalue weighted by atomic mass is 32.1. The molecule has 0 aliphatic heterocycles. The molecule has 2 saturated carbocycles. The molecular formula is C9H14S. The molecule has 0 saturated heterocycles. The monoisotopic (exact) mass is 154 g/mol. The normalized spacial score (nSPS) is 39.8. The van der Waals surface area contributed by atoms with Gasteiger partial charge in [0, 0.05) is 0 Å².